The zero-order valence-corrected chi connectivity index (χ0v) is 18.7. The maximum atomic E-state index is 12.8. The second-order valence-corrected chi connectivity index (χ2v) is 9.36. The number of halogens is 3. The van der Waals surface area contributed by atoms with Crippen LogP contribution in [0, 0.1) is 0 Å². The van der Waals surface area contributed by atoms with Crippen LogP contribution in [-0.2, 0) is 25.9 Å². The molecule has 0 radical (unpaired) electrons. The van der Waals surface area contributed by atoms with Gasteiger partial charge >= 0.3 is 17.6 Å². The number of imide groups is 1. The van der Waals surface area contributed by atoms with Crippen molar-refractivity contribution in [2.24, 2.45) is 0 Å². The van der Waals surface area contributed by atoms with Crippen molar-refractivity contribution in [2.75, 3.05) is 16.8 Å². The summed E-state index contributed by atoms with van der Waals surface area (Å²) in [5, 5.41) is 2.51. The normalized spacial score (nSPS) is 14.6. The van der Waals surface area contributed by atoms with E-state index in [1.54, 1.807) is 13.8 Å². The van der Waals surface area contributed by atoms with Crippen molar-refractivity contribution in [1.82, 2.24) is 9.88 Å². The number of hydrogen-bond acceptors (Lipinski definition) is 7. The van der Waals surface area contributed by atoms with Crippen LogP contribution in [0.3, 0.4) is 0 Å². The van der Waals surface area contributed by atoms with Crippen LogP contribution in [0.2, 0.25) is 0 Å². The highest BCUT2D eigenvalue weighted by atomic mass is 32.2. The number of urea groups is 1. The Morgan fingerprint density at radius 1 is 1.18 bits per heavy atom. The van der Waals surface area contributed by atoms with E-state index >= 15 is 0 Å². The molecular formula is C20H19F3N4O6S. The maximum Gasteiger partial charge on any atom is 0.501 e. The third-order valence-electron chi connectivity index (χ3n) is 4.60. The van der Waals surface area contributed by atoms with E-state index in [-0.39, 0.29) is 30.6 Å². The van der Waals surface area contributed by atoms with Gasteiger partial charge in [-0.05, 0) is 49.7 Å². The Bertz CT molecular complexity index is 1220. The number of nitrogens with zero attached hydrogens (tertiary/aromatic N) is 3. The van der Waals surface area contributed by atoms with Crippen molar-refractivity contribution in [3.63, 3.8) is 0 Å². The Balaban J connectivity index is 1.78. The molecule has 4 amide bonds. The van der Waals surface area contributed by atoms with E-state index < -0.39 is 38.3 Å². The van der Waals surface area contributed by atoms with Crippen molar-refractivity contribution >= 4 is 39.2 Å². The second-order valence-electron chi connectivity index (χ2n) is 7.42. The van der Waals surface area contributed by atoms with E-state index in [1.807, 2.05) is 0 Å². The fourth-order valence-corrected chi connectivity index (χ4v) is 3.83. The standard InChI is InChI=1S/C20H19F3N4O6S/c1-12(2)33-18(29)25-16-9-24-8-7-13(16)10-26-11-17(28)27(19(26)30)14-3-5-15(6-4-14)34(31,32)20(21,22)23/h3-9,12H,10-11H2,1-2H3,(H,25,29). The number of anilines is 2. The molecule has 0 saturated carbocycles. The summed E-state index contributed by atoms with van der Waals surface area (Å²) < 4.78 is 66.2. The van der Waals surface area contributed by atoms with Crippen LogP contribution >= 0.6 is 0 Å². The molecule has 2 heterocycles. The number of amides is 4. The number of sulfone groups is 1. The molecule has 3 rings (SSSR count). The van der Waals surface area contributed by atoms with Gasteiger partial charge in [-0.3, -0.25) is 15.1 Å². The smallest absolute Gasteiger partial charge is 0.447 e. The molecule has 2 aromatic rings. The van der Waals surface area contributed by atoms with Gasteiger partial charge in [0.15, 0.2) is 0 Å². The Labute approximate surface area is 192 Å². The third-order valence-corrected chi connectivity index (χ3v) is 6.10. The quantitative estimate of drug-likeness (QED) is 0.603. The third kappa shape index (κ3) is 5.11. The van der Waals surface area contributed by atoms with Crippen molar-refractivity contribution < 1.29 is 40.7 Å². The Kier molecular flexibility index (Phi) is 6.82. The fourth-order valence-electron chi connectivity index (χ4n) is 3.07. The lowest BCUT2D eigenvalue weighted by atomic mass is 10.2. The fraction of sp³-hybridized carbons (Fsp3) is 0.300. The maximum absolute atomic E-state index is 12.8. The van der Waals surface area contributed by atoms with Crippen LogP contribution in [0.4, 0.5) is 34.1 Å². The van der Waals surface area contributed by atoms with Crippen molar-refractivity contribution in [3.05, 3.63) is 48.3 Å². The highest BCUT2D eigenvalue weighted by Gasteiger charge is 2.47. The highest BCUT2D eigenvalue weighted by Crippen LogP contribution is 2.32. The van der Waals surface area contributed by atoms with E-state index in [0.717, 1.165) is 21.9 Å². The Morgan fingerprint density at radius 2 is 1.82 bits per heavy atom. The number of carbonyl (C=O) groups is 3. The topological polar surface area (TPSA) is 126 Å². The number of nitrogens with one attached hydrogen (secondary N) is 1. The van der Waals surface area contributed by atoms with E-state index in [4.69, 9.17) is 4.74 Å². The van der Waals surface area contributed by atoms with Crippen molar-refractivity contribution in [3.8, 4) is 0 Å². The summed E-state index contributed by atoms with van der Waals surface area (Å²) >= 11 is 0. The van der Waals surface area contributed by atoms with Crippen LogP contribution in [0.5, 0.6) is 0 Å². The SMILES string of the molecule is CC(C)OC(=O)Nc1cnccc1CN1CC(=O)N(c2ccc(S(=O)(=O)C(F)(F)F)cc2)C1=O. The molecule has 14 heteroatoms. The molecule has 10 nitrogen and oxygen atoms in total. The van der Waals surface area contributed by atoms with Crippen LogP contribution in [0.1, 0.15) is 19.4 Å². The first-order valence-corrected chi connectivity index (χ1v) is 11.2. The van der Waals surface area contributed by atoms with Gasteiger partial charge in [-0.15, -0.1) is 0 Å². The Morgan fingerprint density at radius 3 is 2.41 bits per heavy atom. The minimum absolute atomic E-state index is 0.0905. The molecule has 0 spiro atoms. The van der Waals surface area contributed by atoms with Crippen LogP contribution in [0.15, 0.2) is 47.6 Å². The van der Waals surface area contributed by atoms with Crippen LogP contribution in [-0.4, -0.2) is 54.5 Å². The lowest BCUT2D eigenvalue weighted by molar-refractivity contribution is -0.116. The molecule has 1 fully saturated rings. The van der Waals surface area contributed by atoms with Crippen molar-refractivity contribution in [2.45, 2.75) is 36.9 Å². The van der Waals surface area contributed by atoms with Gasteiger partial charge in [0, 0.05) is 6.20 Å². The Hall–Kier alpha value is -3.68. The average molecular weight is 500 g/mol. The number of aromatic nitrogens is 1. The first kappa shape index (κ1) is 25.0. The van der Waals surface area contributed by atoms with Gasteiger partial charge in [-0.1, -0.05) is 0 Å². The molecule has 182 valence electrons. The molecule has 1 aliphatic heterocycles. The lowest BCUT2D eigenvalue weighted by Crippen LogP contribution is -2.33. The van der Waals surface area contributed by atoms with Gasteiger partial charge in [0.2, 0.25) is 0 Å². The number of pyridine rings is 1. The molecule has 1 aromatic heterocycles. The number of rotatable bonds is 6. The van der Waals surface area contributed by atoms with Crippen LogP contribution in [0.25, 0.3) is 0 Å². The molecule has 1 N–H and O–H groups in total. The summed E-state index contributed by atoms with van der Waals surface area (Å²) in [6.07, 6.45) is 1.66. The number of ether oxygens (including phenoxy) is 1. The van der Waals surface area contributed by atoms with Crippen LogP contribution < -0.4 is 10.2 Å². The minimum Gasteiger partial charge on any atom is -0.447 e. The molecule has 0 unspecified atom stereocenters. The minimum atomic E-state index is -5.57. The summed E-state index contributed by atoms with van der Waals surface area (Å²) in [4.78, 5) is 42.0. The summed E-state index contributed by atoms with van der Waals surface area (Å²) in [6, 6.07) is 3.99. The molecule has 0 aliphatic carbocycles. The van der Waals surface area contributed by atoms with Gasteiger partial charge < -0.3 is 9.64 Å². The van der Waals surface area contributed by atoms with Crippen molar-refractivity contribution in [1.29, 1.82) is 0 Å². The van der Waals surface area contributed by atoms with Gasteiger partial charge in [0.1, 0.15) is 6.54 Å². The lowest BCUT2D eigenvalue weighted by Gasteiger charge is -2.19. The molecule has 1 aromatic carbocycles. The highest BCUT2D eigenvalue weighted by molar-refractivity contribution is 7.92. The van der Waals surface area contributed by atoms with Gasteiger partial charge in [0.05, 0.1) is 35.1 Å². The first-order chi connectivity index (χ1) is 15.8. The summed E-state index contributed by atoms with van der Waals surface area (Å²) in [7, 11) is -5.57. The van der Waals surface area contributed by atoms with E-state index in [1.165, 1.54) is 18.5 Å². The average Bonchev–Trinajstić information content (AvgIpc) is 3.01. The molecule has 1 saturated heterocycles. The first-order valence-electron chi connectivity index (χ1n) is 9.75. The zero-order valence-electron chi connectivity index (χ0n) is 17.9. The van der Waals surface area contributed by atoms with Gasteiger partial charge in [-0.2, -0.15) is 13.2 Å². The summed E-state index contributed by atoms with van der Waals surface area (Å²) in [6.45, 7) is 2.89. The molecule has 0 bridgehead atoms. The van der Waals surface area contributed by atoms with E-state index in [2.05, 4.69) is 10.3 Å². The number of hydrogen-bond donors (Lipinski definition) is 1. The molecule has 0 atom stereocenters. The number of alkyl halides is 3. The summed E-state index contributed by atoms with van der Waals surface area (Å²) in [5.41, 5.74) is -4.87. The molecule has 34 heavy (non-hydrogen) atoms. The predicted molar refractivity (Wildman–Crippen MR) is 112 cm³/mol. The monoisotopic (exact) mass is 500 g/mol. The van der Waals surface area contributed by atoms with Gasteiger partial charge in [-0.25, -0.2) is 22.9 Å². The molecule has 1 aliphatic rings. The van der Waals surface area contributed by atoms with Gasteiger partial charge in [0.25, 0.3) is 15.7 Å². The second kappa shape index (κ2) is 9.29. The van der Waals surface area contributed by atoms with E-state index in [0.29, 0.717) is 17.7 Å². The zero-order chi connectivity index (χ0) is 25.3. The molecular weight excluding hydrogens is 481 g/mol. The number of benzene rings is 1. The largest absolute Gasteiger partial charge is 0.501 e. The number of carbonyl (C=O) groups excluding carboxylic acids is 3. The summed E-state index contributed by atoms with van der Waals surface area (Å²) in [5.74, 6) is -0.667. The predicted octanol–water partition coefficient (Wildman–Crippen LogP) is 3.30. The van der Waals surface area contributed by atoms with E-state index in [9.17, 15) is 36.0 Å².